The van der Waals surface area contributed by atoms with Crippen LogP contribution in [0.3, 0.4) is 0 Å². The average Bonchev–Trinajstić information content (AvgIpc) is 2.99. The summed E-state index contributed by atoms with van der Waals surface area (Å²) in [5.74, 6) is 2.08. The molecule has 0 fully saturated rings. The monoisotopic (exact) mass is 307 g/mol. The van der Waals surface area contributed by atoms with E-state index >= 15 is 0 Å². The SMILES string of the molecule is Cc1ccc(CN(C(=O)Nc2ccccc2)c2ccccn2)o1. The van der Waals surface area contributed by atoms with Gasteiger partial charge in [0.25, 0.3) is 0 Å². The summed E-state index contributed by atoms with van der Waals surface area (Å²) in [6.07, 6.45) is 1.66. The van der Waals surface area contributed by atoms with Gasteiger partial charge in [-0.1, -0.05) is 24.3 Å². The molecular weight excluding hydrogens is 290 g/mol. The second-order valence-electron chi connectivity index (χ2n) is 5.08. The van der Waals surface area contributed by atoms with E-state index in [1.165, 1.54) is 0 Å². The van der Waals surface area contributed by atoms with E-state index in [4.69, 9.17) is 4.42 Å². The number of hydrogen-bond acceptors (Lipinski definition) is 3. The number of para-hydroxylation sites is 1. The van der Waals surface area contributed by atoms with Crippen molar-refractivity contribution >= 4 is 17.5 Å². The molecule has 1 N–H and O–H groups in total. The number of carbonyl (C=O) groups is 1. The summed E-state index contributed by atoms with van der Waals surface area (Å²) in [5, 5.41) is 2.87. The molecular formula is C18H17N3O2. The lowest BCUT2D eigenvalue weighted by atomic mass is 10.3. The van der Waals surface area contributed by atoms with Gasteiger partial charge < -0.3 is 9.73 Å². The zero-order valence-electron chi connectivity index (χ0n) is 12.8. The van der Waals surface area contributed by atoms with Crippen LogP contribution in [0.4, 0.5) is 16.3 Å². The molecule has 0 aliphatic rings. The van der Waals surface area contributed by atoms with Crippen LogP contribution >= 0.6 is 0 Å². The van der Waals surface area contributed by atoms with Crippen LogP contribution in [0, 0.1) is 6.92 Å². The minimum Gasteiger partial charge on any atom is -0.464 e. The van der Waals surface area contributed by atoms with E-state index < -0.39 is 0 Å². The third-order valence-corrected chi connectivity index (χ3v) is 3.31. The molecule has 0 bridgehead atoms. The summed E-state index contributed by atoms with van der Waals surface area (Å²) in [6.45, 7) is 2.18. The lowest BCUT2D eigenvalue weighted by Crippen LogP contribution is -2.35. The molecule has 2 aromatic heterocycles. The third-order valence-electron chi connectivity index (χ3n) is 3.31. The number of urea groups is 1. The topological polar surface area (TPSA) is 58.4 Å². The first-order valence-electron chi connectivity index (χ1n) is 7.32. The number of anilines is 2. The fourth-order valence-electron chi connectivity index (χ4n) is 2.21. The number of aromatic nitrogens is 1. The molecule has 3 aromatic rings. The maximum Gasteiger partial charge on any atom is 0.327 e. The number of pyridine rings is 1. The number of carbonyl (C=O) groups excluding carboxylic acids is 1. The number of nitrogens with one attached hydrogen (secondary N) is 1. The Morgan fingerprint density at radius 2 is 1.87 bits per heavy atom. The molecule has 0 saturated heterocycles. The highest BCUT2D eigenvalue weighted by atomic mass is 16.3. The normalized spacial score (nSPS) is 10.3. The number of aryl methyl sites for hydroxylation is 1. The van der Waals surface area contributed by atoms with E-state index in [1.54, 1.807) is 17.2 Å². The summed E-state index contributed by atoms with van der Waals surface area (Å²) in [5.41, 5.74) is 0.731. The van der Waals surface area contributed by atoms with Crippen LogP contribution in [0.25, 0.3) is 0 Å². The fraction of sp³-hybridized carbons (Fsp3) is 0.111. The quantitative estimate of drug-likeness (QED) is 0.785. The van der Waals surface area contributed by atoms with Crippen molar-refractivity contribution in [2.45, 2.75) is 13.5 Å². The highest BCUT2D eigenvalue weighted by Gasteiger charge is 2.19. The first kappa shape index (κ1) is 14.8. The molecule has 0 atom stereocenters. The Labute approximate surface area is 134 Å². The molecule has 1 aromatic carbocycles. The standard InChI is InChI=1S/C18H17N3O2/c1-14-10-11-16(23-14)13-21(17-9-5-6-12-19-17)18(22)20-15-7-3-2-4-8-15/h2-12H,13H2,1H3,(H,20,22). The maximum absolute atomic E-state index is 12.7. The van der Waals surface area contributed by atoms with E-state index in [-0.39, 0.29) is 6.03 Å². The Balaban J connectivity index is 1.84. The van der Waals surface area contributed by atoms with Crippen molar-refractivity contribution in [3.63, 3.8) is 0 Å². The van der Waals surface area contributed by atoms with Crippen molar-refractivity contribution in [1.29, 1.82) is 0 Å². The van der Waals surface area contributed by atoms with Crippen molar-refractivity contribution in [2.24, 2.45) is 0 Å². The number of rotatable bonds is 4. The largest absolute Gasteiger partial charge is 0.464 e. The van der Waals surface area contributed by atoms with Crippen molar-refractivity contribution in [3.8, 4) is 0 Å². The first-order valence-corrected chi connectivity index (χ1v) is 7.32. The molecule has 0 spiro atoms. The molecule has 5 nitrogen and oxygen atoms in total. The number of hydrogen-bond donors (Lipinski definition) is 1. The van der Waals surface area contributed by atoms with Crippen molar-refractivity contribution < 1.29 is 9.21 Å². The minimum absolute atomic E-state index is 0.260. The Morgan fingerprint density at radius 3 is 2.52 bits per heavy atom. The Morgan fingerprint density at radius 1 is 1.09 bits per heavy atom. The van der Waals surface area contributed by atoms with Gasteiger partial charge in [0.15, 0.2) is 0 Å². The first-order chi connectivity index (χ1) is 11.2. The molecule has 3 rings (SSSR count). The molecule has 2 amide bonds. The predicted octanol–water partition coefficient (Wildman–Crippen LogP) is 4.22. The van der Waals surface area contributed by atoms with Crippen LogP contribution in [0.1, 0.15) is 11.5 Å². The summed E-state index contributed by atoms with van der Waals surface area (Å²) in [7, 11) is 0. The lowest BCUT2D eigenvalue weighted by molar-refractivity contribution is 0.256. The van der Waals surface area contributed by atoms with Crippen LogP contribution in [-0.4, -0.2) is 11.0 Å². The van der Waals surface area contributed by atoms with Gasteiger partial charge in [0, 0.05) is 11.9 Å². The van der Waals surface area contributed by atoms with E-state index in [0.29, 0.717) is 18.1 Å². The average molecular weight is 307 g/mol. The van der Waals surface area contributed by atoms with Crippen LogP contribution in [0.5, 0.6) is 0 Å². The van der Waals surface area contributed by atoms with Gasteiger partial charge in [-0.15, -0.1) is 0 Å². The van der Waals surface area contributed by atoms with Gasteiger partial charge >= 0.3 is 6.03 Å². The summed E-state index contributed by atoms with van der Waals surface area (Å²) in [4.78, 5) is 18.5. The smallest absolute Gasteiger partial charge is 0.327 e. The zero-order chi connectivity index (χ0) is 16.1. The van der Waals surface area contributed by atoms with Crippen LogP contribution in [0.2, 0.25) is 0 Å². The zero-order valence-corrected chi connectivity index (χ0v) is 12.8. The van der Waals surface area contributed by atoms with Crippen molar-refractivity contribution in [3.05, 3.63) is 78.4 Å². The molecule has 116 valence electrons. The van der Waals surface area contributed by atoms with E-state index in [2.05, 4.69) is 10.3 Å². The number of amides is 2. The summed E-state index contributed by atoms with van der Waals surface area (Å²) >= 11 is 0. The van der Waals surface area contributed by atoms with Crippen LogP contribution < -0.4 is 10.2 Å². The summed E-state index contributed by atoms with van der Waals surface area (Å²) in [6, 6.07) is 18.3. The Kier molecular flexibility index (Phi) is 4.38. The van der Waals surface area contributed by atoms with Gasteiger partial charge in [0.05, 0.1) is 6.54 Å². The second-order valence-corrected chi connectivity index (χ2v) is 5.08. The van der Waals surface area contributed by atoms with Gasteiger partial charge in [-0.2, -0.15) is 0 Å². The summed E-state index contributed by atoms with van der Waals surface area (Å²) < 4.78 is 5.59. The van der Waals surface area contributed by atoms with Crippen LogP contribution in [-0.2, 0) is 6.54 Å². The lowest BCUT2D eigenvalue weighted by Gasteiger charge is -2.21. The molecule has 0 aliphatic heterocycles. The van der Waals surface area contributed by atoms with Gasteiger partial charge in [-0.25, -0.2) is 9.78 Å². The van der Waals surface area contributed by atoms with E-state index in [0.717, 1.165) is 11.4 Å². The molecule has 2 heterocycles. The molecule has 0 unspecified atom stereocenters. The van der Waals surface area contributed by atoms with Crippen molar-refractivity contribution in [1.82, 2.24) is 4.98 Å². The van der Waals surface area contributed by atoms with E-state index in [1.807, 2.05) is 61.5 Å². The van der Waals surface area contributed by atoms with E-state index in [9.17, 15) is 4.79 Å². The second kappa shape index (κ2) is 6.79. The van der Waals surface area contributed by atoms with Gasteiger partial charge in [-0.05, 0) is 43.3 Å². The predicted molar refractivity (Wildman–Crippen MR) is 89.3 cm³/mol. The number of benzene rings is 1. The van der Waals surface area contributed by atoms with Gasteiger partial charge in [-0.3, -0.25) is 4.90 Å². The molecule has 23 heavy (non-hydrogen) atoms. The molecule has 0 aliphatic carbocycles. The minimum atomic E-state index is -0.260. The highest BCUT2D eigenvalue weighted by Crippen LogP contribution is 2.18. The Hall–Kier alpha value is -3.08. The van der Waals surface area contributed by atoms with Crippen molar-refractivity contribution in [2.75, 3.05) is 10.2 Å². The number of furan rings is 1. The third kappa shape index (κ3) is 3.77. The molecule has 0 saturated carbocycles. The molecule has 0 radical (unpaired) electrons. The van der Waals surface area contributed by atoms with Gasteiger partial charge in [0.1, 0.15) is 17.3 Å². The number of nitrogens with zero attached hydrogens (tertiary/aromatic N) is 2. The molecule has 5 heteroatoms. The Bertz CT molecular complexity index is 769. The maximum atomic E-state index is 12.7. The highest BCUT2D eigenvalue weighted by molar-refractivity contribution is 6.00. The van der Waals surface area contributed by atoms with Crippen LogP contribution in [0.15, 0.2) is 71.3 Å². The fourth-order valence-corrected chi connectivity index (χ4v) is 2.21. The van der Waals surface area contributed by atoms with Gasteiger partial charge in [0.2, 0.25) is 0 Å².